The minimum absolute atomic E-state index is 0.189. The fraction of sp³-hybridized carbons (Fsp3) is 0.316. The molecule has 2 aromatic rings. The third-order valence-corrected chi connectivity index (χ3v) is 3.87. The predicted octanol–water partition coefficient (Wildman–Crippen LogP) is 3.20. The molecule has 1 heterocycles. The van der Waals surface area contributed by atoms with E-state index in [0.29, 0.717) is 13.2 Å². The van der Waals surface area contributed by atoms with Gasteiger partial charge in [-0.3, -0.25) is 4.79 Å². The molecule has 0 amide bonds. The Labute approximate surface area is 141 Å². The highest BCUT2D eigenvalue weighted by atomic mass is 16.7. The number of ether oxygens (including phenoxy) is 3. The van der Waals surface area contributed by atoms with Crippen LogP contribution in [0.1, 0.15) is 30.5 Å². The molecule has 0 saturated carbocycles. The summed E-state index contributed by atoms with van der Waals surface area (Å²) in [5, 5.41) is 3.44. The van der Waals surface area contributed by atoms with Crippen LogP contribution in [0.4, 0.5) is 0 Å². The summed E-state index contributed by atoms with van der Waals surface area (Å²) in [4.78, 5) is 12.0. The van der Waals surface area contributed by atoms with E-state index >= 15 is 0 Å². The van der Waals surface area contributed by atoms with Crippen LogP contribution in [0.2, 0.25) is 0 Å². The van der Waals surface area contributed by atoms with Crippen LogP contribution in [-0.2, 0) is 16.1 Å². The van der Waals surface area contributed by atoms with Crippen LogP contribution in [0.25, 0.3) is 0 Å². The van der Waals surface area contributed by atoms with Gasteiger partial charge in [-0.1, -0.05) is 36.4 Å². The van der Waals surface area contributed by atoms with Crippen molar-refractivity contribution in [2.24, 2.45) is 0 Å². The van der Waals surface area contributed by atoms with Crippen LogP contribution in [0, 0.1) is 0 Å². The maximum Gasteiger partial charge on any atom is 0.307 e. The molecule has 3 rings (SSSR count). The fourth-order valence-electron chi connectivity index (χ4n) is 2.69. The highest BCUT2D eigenvalue weighted by molar-refractivity contribution is 5.70. The normalized spacial score (nSPS) is 13.5. The van der Waals surface area contributed by atoms with Crippen molar-refractivity contribution in [1.82, 2.24) is 5.32 Å². The monoisotopic (exact) mass is 327 g/mol. The largest absolute Gasteiger partial charge is 0.466 e. The summed E-state index contributed by atoms with van der Waals surface area (Å²) in [6.45, 7) is 3.03. The lowest BCUT2D eigenvalue weighted by molar-refractivity contribution is -0.143. The summed E-state index contributed by atoms with van der Waals surface area (Å²) in [5.41, 5.74) is 2.09. The second kappa shape index (κ2) is 7.84. The van der Waals surface area contributed by atoms with Gasteiger partial charge in [-0.25, -0.2) is 0 Å². The number of esters is 1. The van der Waals surface area contributed by atoms with Crippen molar-refractivity contribution in [2.45, 2.75) is 25.9 Å². The van der Waals surface area contributed by atoms with E-state index in [9.17, 15) is 4.79 Å². The van der Waals surface area contributed by atoms with Crippen LogP contribution in [-0.4, -0.2) is 19.4 Å². The molecule has 0 aromatic heterocycles. The molecule has 2 bridgehead atoms. The zero-order valence-corrected chi connectivity index (χ0v) is 13.7. The topological polar surface area (TPSA) is 56.8 Å². The van der Waals surface area contributed by atoms with E-state index in [1.165, 1.54) is 0 Å². The van der Waals surface area contributed by atoms with E-state index < -0.39 is 0 Å². The fourth-order valence-corrected chi connectivity index (χ4v) is 2.69. The van der Waals surface area contributed by atoms with Crippen LogP contribution >= 0.6 is 0 Å². The lowest BCUT2D eigenvalue weighted by atomic mass is 10.0. The van der Waals surface area contributed by atoms with Gasteiger partial charge in [-0.05, 0) is 18.6 Å². The van der Waals surface area contributed by atoms with Gasteiger partial charge >= 0.3 is 5.97 Å². The van der Waals surface area contributed by atoms with Crippen molar-refractivity contribution in [3.05, 3.63) is 59.7 Å². The van der Waals surface area contributed by atoms with Crippen molar-refractivity contribution < 1.29 is 19.0 Å². The van der Waals surface area contributed by atoms with Gasteiger partial charge in [0, 0.05) is 24.2 Å². The van der Waals surface area contributed by atoms with Crippen molar-refractivity contribution >= 4 is 5.97 Å². The average Bonchev–Trinajstić information content (AvgIpc) is 2.60. The van der Waals surface area contributed by atoms with E-state index in [-0.39, 0.29) is 25.2 Å². The van der Waals surface area contributed by atoms with Gasteiger partial charge in [0.15, 0.2) is 0 Å². The first-order valence-electron chi connectivity index (χ1n) is 8.08. The van der Waals surface area contributed by atoms with Crippen molar-refractivity contribution in [3.8, 4) is 11.5 Å². The summed E-state index contributed by atoms with van der Waals surface area (Å²) in [6.07, 6.45) is 0.247. The van der Waals surface area contributed by atoms with E-state index in [0.717, 1.165) is 22.6 Å². The van der Waals surface area contributed by atoms with Gasteiger partial charge in [0.1, 0.15) is 11.5 Å². The molecule has 5 heteroatoms. The summed E-state index contributed by atoms with van der Waals surface area (Å²) in [7, 11) is 0. The van der Waals surface area contributed by atoms with Crippen molar-refractivity contribution in [1.29, 1.82) is 0 Å². The number of benzene rings is 2. The molecule has 0 aliphatic carbocycles. The SMILES string of the molecule is CCOC(=O)CC(NCc1ccccc1)c1ccc2cc1OCO2. The standard InChI is InChI=1S/C19H21NO4/c1-2-22-19(21)11-17(20-12-14-6-4-3-5-7-14)16-9-8-15-10-18(16)24-13-23-15/h3-10,17,20H,2,11-13H2,1H3. The van der Waals surface area contributed by atoms with Gasteiger partial charge in [0.05, 0.1) is 13.0 Å². The van der Waals surface area contributed by atoms with E-state index in [1.54, 1.807) is 0 Å². The Balaban J connectivity index is 1.78. The first-order valence-corrected chi connectivity index (χ1v) is 8.08. The lowest BCUT2D eigenvalue weighted by Gasteiger charge is -2.24. The molecule has 1 unspecified atom stereocenters. The molecule has 24 heavy (non-hydrogen) atoms. The van der Waals surface area contributed by atoms with Crippen molar-refractivity contribution in [3.63, 3.8) is 0 Å². The van der Waals surface area contributed by atoms with Crippen LogP contribution in [0.5, 0.6) is 11.5 Å². The second-order valence-corrected chi connectivity index (χ2v) is 5.53. The third kappa shape index (κ3) is 4.06. The van der Waals surface area contributed by atoms with Crippen LogP contribution in [0.15, 0.2) is 48.5 Å². The number of carbonyl (C=O) groups excluding carboxylic acids is 1. The number of fused-ring (bicyclic) bond motifs is 2. The number of carbonyl (C=O) groups is 1. The zero-order chi connectivity index (χ0) is 16.8. The van der Waals surface area contributed by atoms with Gasteiger partial charge in [0.2, 0.25) is 6.79 Å². The second-order valence-electron chi connectivity index (χ2n) is 5.53. The van der Waals surface area contributed by atoms with E-state index in [2.05, 4.69) is 5.32 Å². The molecule has 0 spiro atoms. The number of nitrogens with one attached hydrogen (secondary N) is 1. The maximum atomic E-state index is 12.0. The minimum Gasteiger partial charge on any atom is -0.466 e. The molecule has 126 valence electrons. The first-order chi connectivity index (χ1) is 11.8. The Bertz CT molecular complexity index is 687. The smallest absolute Gasteiger partial charge is 0.307 e. The number of hydrogen-bond acceptors (Lipinski definition) is 5. The highest BCUT2D eigenvalue weighted by Crippen LogP contribution is 2.34. The van der Waals surface area contributed by atoms with E-state index in [1.807, 2.05) is 55.5 Å². The molecule has 0 radical (unpaired) electrons. The third-order valence-electron chi connectivity index (χ3n) is 3.87. The summed E-state index contributed by atoms with van der Waals surface area (Å²) in [6, 6.07) is 15.6. The quantitative estimate of drug-likeness (QED) is 0.792. The molecule has 1 N–H and O–H groups in total. The summed E-state index contributed by atoms with van der Waals surface area (Å²) < 4.78 is 16.0. The van der Waals surface area contributed by atoms with Gasteiger partial charge in [-0.2, -0.15) is 0 Å². The Morgan fingerprint density at radius 2 is 2.04 bits per heavy atom. The number of rotatable bonds is 7. The maximum absolute atomic E-state index is 12.0. The van der Waals surface area contributed by atoms with Crippen LogP contribution < -0.4 is 14.8 Å². The van der Waals surface area contributed by atoms with E-state index in [4.69, 9.17) is 14.2 Å². The average molecular weight is 327 g/mol. The minimum atomic E-state index is -0.230. The molecule has 0 fully saturated rings. The van der Waals surface area contributed by atoms with Gasteiger partial charge in [0.25, 0.3) is 0 Å². The molecule has 5 nitrogen and oxygen atoms in total. The lowest BCUT2D eigenvalue weighted by Crippen LogP contribution is -2.26. The Hall–Kier alpha value is -2.53. The Kier molecular flexibility index (Phi) is 5.33. The van der Waals surface area contributed by atoms with Gasteiger partial charge < -0.3 is 19.5 Å². The van der Waals surface area contributed by atoms with Crippen molar-refractivity contribution in [2.75, 3.05) is 13.4 Å². The zero-order valence-electron chi connectivity index (χ0n) is 13.7. The Morgan fingerprint density at radius 1 is 1.21 bits per heavy atom. The Morgan fingerprint density at radius 3 is 2.83 bits per heavy atom. The molecule has 2 aromatic carbocycles. The first kappa shape index (κ1) is 16.3. The van der Waals surface area contributed by atoms with Gasteiger partial charge in [-0.15, -0.1) is 0 Å². The highest BCUT2D eigenvalue weighted by Gasteiger charge is 2.22. The predicted molar refractivity (Wildman–Crippen MR) is 89.8 cm³/mol. The molecular formula is C19H21NO4. The van der Waals surface area contributed by atoms with Crippen LogP contribution in [0.3, 0.4) is 0 Å². The number of hydrogen-bond donors (Lipinski definition) is 1. The summed E-state index contributed by atoms with van der Waals surface area (Å²) >= 11 is 0. The molecule has 1 atom stereocenters. The molecule has 1 aliphatic heterocycles. The molecule has 1 aliphatic rings. The molecule has 0 saturated heterocycles. The molecular weight excluding hydrogens is 306 g/mol. The summed E-state index contributed by atoms with van der Waals surface area (Å²) in [5.74, 6) is 1.29.